The van der Waals surface area contributed by atoms with E-state index in [-0.39, 0.29) is 6.04 Å². The highest BCUT2D eigenvalue weighted by molar-refractivity contribution is 9.10. The smallest absolute Gasteiger partial charge is 0.361 e. The molecule has 1 aromatic heterocycles. The molecule has 0 fully saturated rings. The monoisotopic (exact) mass is 410 g/mol. The summed E-state index contributed by atoms with van der Waals surface area (Å²) in [5.74, 6) is 0.468. The summed E-state index contributed by atoms with van der Waals surface area (Å²) in [6.45, 7) is 3.71. The number of alkyl halides is 3. The number of rotatable bonds is 3. The van der Waals surface area contributed by atoms with Crippen LogP contribution in [0, 0.1) is 6.92 Å². The summed E-state index contributed by atoms with van der Waals surface area (Å²) >= 11 is 3.46. The molecule has 4 nitrogen and oxygen atoms in total. The summed E-state index contributed by atoms with van der Waals surface area (Å²) < 4.78 is 39.6. The number of aryl methyl sites for hydroxylation is 1. The lowest BCUT2D eigenvalue weighted by Crippen LogP contribution is -2.12. The number of hydrogen-bond donors (Lipinski definition) is 1. The zero-order valence-electron chi connectivity index (χ0n) is 13.4. The van der Waals surface area contributed by atoms with Crippen molar-refractivity contribution < 1.29 is 13.2 Å². The van der Waals surface area contributed by atoms with Crippen molar-refractivity contribution in [1.82, 2.24) is 15.4 Å². The third-order valence-corrected chi connectivity index (χ3v) is 4.75. The molecular formula is C17H14BrF3N4. The van der Waals surface area contributed by atoms with Crippen molar-refractivity contribution in [2.75, 3.05) is 5.32 Å². The van der Waals surface area contributed by atoms with Gasteiger partial charge in [-0.1, -0.05) is 28.1 Å². The Labute approximate surface area is 150 Å². The van der Waals surface area contributed by atoms with Crippen molar-refractivity contribution in [1.29, 1.82) is 0 Å². The number of fused-ring (bicyclic) bond motifs is 1. The Balaban J connectivity index is 1.95. The molecule has 1 atom stereocenters. The molecule has 130 valence electrons. The van der Waals surface area contributed by atoms with Gasteiger partial charge in [0.25, 0.3) is 0 Å². The Morgan fingerprint density at radius 1 is 1.12 bits per heavy atom. The molecule has 0 spiro atoms. The molecule has 0 radical (unpaired) electrons. The van der Waals surface area contributed by atoms with E-state index in [1.807, 2.05) is 19.1 Å². The van der Waals surface area contributed by atoms with E-state index in [1.54, 1.807) is 13.0 Å². The van der Waals surface area contributed by atoms with Gasteiger partial charge in [0.15, 0.2) is 5.82 Å². The minimum atomic E-state index is -4.37. The van der Waals surface area contributed by atoms with E-state index in [9.17, 15) is 13.2 Å². The van der Waals surface area contributed by atoms with Crippen molar-refractivity contribution in [3.05, 3.63) is 57.6 Å². The van der Waals surface area contributed by atoms with Crippen LogP contribution in [0.15, 0.2) is 40.9 Å². The van der Waals surface area contributed by atoms with Gasteiger partial charge in [-0.3, -0.25) is 0 Å². The molecule has 0 bridgehead atoms. The molecule has 3 aromatic rings. The first-order chi connectivity index (χ1) is 11.8. The average Bonchev–Trinajstić information content (AvgIpc) is 2.56. The molecule has 8 heteroatoms. The highest BCUT2D eigenvalue weighted by atomic mass is 79.9. The number of aromatic nitrogens is 3. The Morgan fingerprint density at radius 2 is 1.88 bits per heavy atom. The van der Waals surface area contributed by atoms with Crippen LogP contribution in [0.1, 0.15) is 29.7 Å². The van der Waals surface area contributed by atoms with Crippen LogP contribution in [0.2, 0.25) is 0 Å². The highest BCUT2D eigenvalue weighted by Crippen LogP contribution is 2.32. The first-order valence-electron chi connectivity index (χ1n) is 7.48. The molecule has 0 aliphatic rings. The van der Waals surface area contributed by atoms with Crippen molar-refractivity contribution >= 4 is 32.7 Å². The van der Waals surface area contributed by atoms with Crippen LogP contribution < -0.4 is 5.32 Å². The number of anilines is 1. The molecule has 0 unspecified atom stereocenters. The molecule has 0 aliphatic heterocycles. The minimum absolute atomic E-state index is 0.387. The van der Waals surface area contributed by atoms with E-state index in [0.29, 0.717) is 16.9 Å². The summed E-state index contributed by atoms with van der Waals surface area (Å²) in [5, 5.41) is 15.6. The largest absolute Gasteiger partial charge is 0.416 e. The number of benzene rings is 2. The molecule has 25 heavy (non-hydrogen) atoms. The maximum absolute atomic E-state index is 12.9. The molecule has 2 aromatic carbocycles. The van der Waals surface area contributed by atoms with Gasteiger partial charge in [0, 0.05) is 9.86 Å². The fourth-order valence-electron chi connectivity index (χ4n) is 2.49. The normalized spacial score (nSPS) is 13.0. The van der Waals surface area contributed by atoms with Crippen molar-refractivity contribution in [3.63, 3.8) is 0 Å². The maximum Gasteiger partial charge on any atom is 0.416 e. The van der Waals surface area contributed by atoms with Crippen molar-refractivity contribution in [2.24, 2.45) is 0 Å². The summed E-state index contributed by atoms with van der Waals surface area (Å²) in [6, 6.07) is 8.58. The van der Waals surface area contributed by atoms with Crippen LogP contribution in [0.25, 0.3) is 10.9 Å². The van der Waals surface area contributed by atoms with Crippen LogP contribution in [0.5, 0.6) is 0 Å². The fraction of sp³-hybridized carbons (Fsp3) is 0.235. The highest BCUT2D eigenvalue weighted by Gasteiger charge is 2.30. The Hall–Kier alpha value is -2.22. The van der Waals surface area contributed by atoms with E-state index in [4.69, 9.17) is 0 Å². The van der Waals surface area contributed by atoms with E-state index in [1.165, 1.54) is 6.07 Å². The minimum Gasteiger partial charge on any atom is -0.361 e. The van der Waals surface area contributed by atoms with E-state index in [2.05, 4.69) is 36.7 Å². The second-order valence-electron chi connectivity index (χ2n) is 5.75. The van der Waals surface area contributed by atoms with Gasteiger partial charge in [0.2, 0.25) is 0 Å². The van der Waals surface area contributed by atoms with E-state index < -0.39 is 11.7 Å². The van der Waals surface area contributed by atoms with Gasteiger partial charge in [-0.2, -0.15) is 13.2 Å². The van der Waals surface area contributed by atoms with Crippen LogP contribution in [-0.2, 0) is 6.18 Å². The lowest BCUT2D eigenvalue weighted by molar-refractivity contribution is -0.137. The quantitative estimate of drug-likeness (QED) is 0.637. The Kier molecular flexibility index (Phi) is 4.64. The third-order valence-electron chi connectivity index (χ3n) is 3.90. The zero-order chi connectivity index (χ0) is 18.2. The van der Waals surface area contributed by atoms with Crippen LogP contribution in [0.3, 0.4) is 0 Å². The molecule has 0 aliphatic carbocycles. The van der Waals surface area contributed by atoms with E-state index in [0.717, 1.165) is 27.6 Å². The molecule has 1 N–H and O–H groups in total. The second-order valence-corrected chi connectivity index (χ2v) is 6.60. The van der Waals surface area contributed by atoms with Gasteiger partial charge in [-0.05, 0) is 54.5 Å². The maximum atomic E-state index is 12.9. The predicted octanol–water partition coefficient (Wildman–Crippen LogP) is 5.29. The van der Waals surface area contributed by atoms with Gasteiger partial charge in [0.05, 0.1) is 17.1 Å². The number of nitrogens with one attached hydrogen (secondary N) is 1. The molecular weight excluding hydrogens is 397 g/mol. The van der Waals surface area contributed by atoms with Gasteiger partial charge in [0.1, 0.15) is 0 Å². The summed E-state index contributed by atoms with van der Waals surface area (Å²) in [5.41, 5.74) is 1.50. The molecule has 0 saturated carbocycles. The number of halogens is 4. The van der Waals surface area contributed by atoms with Gasteiger partial charge in [-0.25, -0.2) is 0 Å². The van der Waals surface area contributed by atoms with Gasteiger partial charge >= 0.3 is 6.18 Å². The Bertz CT molecular complexity index is 927. The molecule has 1 heterocycles. The predicted molar refractivity (Wildman–Crippen MR) is 93.3 cm³/mol. The van der Waals surface area contributed by atoms with Gasteiger partial charge < -0.3 is 5.32 Å². The standard InChI is InChI=1S/C17H14BrF3N4/c1-9-6-15-13(8-14(9)18)16(24-25-23-15)22-10(2)11-4-3-5-12(7-11)17(19,20)21/h3-8,10H,1-2H3,(H,22,23,24)/t10-/m1/s1. The molecule has 3 rings (SSSR count). The molecule has 0 saturated heterocycles. The fourth-order valence-corrected chi connectivity index (χ4v) is 2.83. The second kappa shape index (κ2) is 6.59. The average molecular weight is 411 g/mol. The summed E-state index contributed by atoms with van der Waals surface area (Å²) in [7, 11) is 0. The van der Waals surface area contributed by atoms with E-state index >= 15 is 0 Å². The third kappa shape index (κ3) is 3.73. The number of nitrogens with zero attached hydrogens (tertiary/aromatic N) is 3. The lowest BCUT2D eigenvalue weighted by atomic mass is 10.0. The number of hydrogen-bond acceptors (Lipinski definition) is 4. The summed E-state index contributed by atoms with van der Waals surface area (Å²) in [4.78, 5) is 0. The SMILES string of the molecule is Cc1cc2nnnc(N[C@H](C)c3cccc(C(F)(F)F)c3)c2cc1Br. The van der Waals surface area contributed by atoms with Crippen LogP contribution in [0.4, 0.5) is 19.0 Å². The first-order valence-corrected chi connectivity index (χ1v) is 8.28. The topological polar surface area (TPSA) is 50.7 Å². The molecule has 0 amide bonds. The summed E-state index contributed by atoms with van der Waals surface area (Å²) in [6.07, 6.45) is -4.37. The van der Waals surface area contributed by atoms with Crippen molar-refractivity contribution in [3.8, 4) is 0 Å². The van der Waals surface area contributed by atoms with Gasteiger partial charge in [-0.15, -0.1) is 10.2 Å². The Morgan fingerprint density at radius 3 is 2.60 bits per heavy atom. The van der Waals surface area contributed by atoms with Crippen molar-refractivity contribution in [2.45, 2.75) is 26.1 Å². The zero-order valence-corrected chi connectivity index (χ0v) is 15.0. The van der Waals surface area contributed by atoms with Crippen LogP contribution >= 0.6 is 15.9 Å². The van der Waals surface area contributed by atoms with Crippen LogP contribution in [-0.4, -0.2) is 15.4 Å². The first kappa shape index (κ1) is 17.6. The lowest BCUT2D eigenvalue weighted by Gasteiger charge is -2.17.